The van der Waals surface area contributed by atoms with Crippen LogP contribution in [0.15, 0.2) is 35.4 Å². The van der Waals surface area contributed by atoms with Crippen LogP contribution in [0.2, 0.25) is 0 Å². The van der Waals surface area contributed by atoms with E-state index in [1.807, 2.05) is 0 Å². The van der Waals surface area contributed by atoms with E-state index in [1.165, 1.54) is 16.8 Å². The molecule has 0 aliphatic carbocycles. The lowest BCUT2D eigenvalue weighted by molar-refractivity contribution is -0.147. The van der Waals surface area contributed by atoms with Crippen molar-refractivity contribution in [3.63, 3.8) is 0 Å². The van der Waals surface area contributed by atoms with Gasteiger partial charge in [0.25, 0.3) is 11.5 Å². The molecule has 22 heavy (non-hydrogen) atoms. The van der Waals surface area contributed by atoms with Crippen LogP contribution in [0.25, 0.3) is 5.65 Å². The largest absolute Gasteiger partial charge is 0.480 e. The minimum absolute atomic E-state index is 0.0938. The van der Waals surface area contributed by atoms with Gasteiger partial charge in [0.05, 0.1) is 13.2 Å². The van der Waals surface area contributed by atoms with Gasteiger partial charge in [-0.15, -0.1) is 0 Å². The maximum absolute atomic E-state index is 12.5. The monoisotopic (exact) mass is 303 g/mol. The van der Waals surface area contributed by atoms with Crippen LogP contribution in [0.4, 0.5) is 0 Å². The minimum Gasteiger partial charge on any atom is -0.480 e. The number of morpholine rings is 1. The van der Waals surface area contributed by atoms with Crippen LogP contribution >= 0.6 is 0 Å². The highest BCUT2D eigenvalue weighted by Crippen LogP contribution is 2.11. The molecule has 0 bridgehead atoms. The number of carbonyl (C=O) groups is 2. The smallest absolute Gasteiger partial charge is 0.328 e. The van der Waals surface area contributed by atoms with Crippen LogP contribution in [0.1, 0.15) is 10.4 Å². The van der Waals surface area contributed by atoms with Crippen molar-refractivity contribution in [3.8, 4) is 0 Å². The predicted molar refractivity (Wildman–Crippen MR) is 74.7 cm³/mol. The van der Waals surface area contributed by atoms with Gasteiger partial charge in [-0.1, -0.05) is 6.07 Å². The summed E-state index contributed by atoms with van der Waals surface area (Å²) in [4.78, 5) is 41.3. The summed E-state index contributed by atoms with van der Waals surface area (Å²) in [5.74, 6) is -1.81. The van der Waals surface area contributed by atoms with Gasteiger partial charge in [-0.05, 0) is 12.1 Å². The van der Waals surface area contributed by atoms with E-state index in [4.69, 9.17) is 4.74 Å². The highest BCUT2D eigenvalue weighted by molar-refractivity contribution is 5.96. The first-order valence-electron chi connectivity index (χ1n) is 6.67. The van der Waals surface area contributed by atoms with E-state index in [1.54, 1.807) is 18.2 Å². The van der Waals surface area contributed by atoms with Gasteiger partial charge in [0.15, 0.2) is 6.04 Å². The Morgan fingerprint density at radius 2 is 2.18 bits per heavy atom. The van der Waals surface area contributed by atoms with Crippen LogP contribution in [0.5, 0.6) is 0 Å². The molecule has 1 aliphatic rings. The number of hydrogen-bond donors (Lipinski definition) is 1. The third-order valence-electron chi connectivity index (χ3n) is 3.52. The Bertz CT molecular complexity index is 800. The summed E-state index contributed by atoms with van der Waals surface area (Å²) < 4.78 is 6.34. The first kappa shape index (κ1) is 14.2. The van der Waals surface area contributed by atoms with Gasteiger partial charge in [-0.2, -0.15) is 0 Å². The molecular weight excluding hydrogens is 290 g/mol. The standard InChI is InChI=1S/C14H13N3O5/c18-12(16-5-6-22-8-10(16)14(20)21)9-7-15-11-3-1-2-4-17(11)13(9)19/h1-4,7,10H,5-6,8H2,(H,20,21). The molecule has 2 aromatic heterocycles. The zero-order valence-electron chi connectivity index (χ0n) is 11.5. The van der Waals surface area contributed by atoms with Crippen molar-refractivity contribution >= 4 is 17.5 Å². The van der Waals surface area contributed by atoms with Crippen LogP contribution in [-0.4, -0.2) is 57.1 Å². The van der Waals surface area contributed by atoms with E-state index in [0.717, 1.165) is 4.90 Å². The fourth-order valence-electron chi connectivity index (χ4n) is 2.38. The lowest BCUT2D eigenvalue weighted by Crippen LogP contribution is -2.53. The Kier molecular flexibility index (Phi) is 3.60. The Morgan fingerprint density at radius 3 is 2.95 bits per heavy atom. The highest BCUT2D eigenvalue weighted by atomic mass is 16.5. The second-order valence-electron chi connectivity index (χ2n) is 4.83. The van der Waals surface area contributed by atoms with Gasteiger partial charge in [0.1, 0.15) is 11.2 Å². The number of fused-ring (bicyclic) bond motifs is 1. The molecule has 1 N–H and O–H groups in total. The maximum atomic E-state index is 12.5. The van der Waals surface area contributed by atoms with Crippen molar-refractivity contribution in [2.45, 2.75) is 6.04 Å². The second-order valence-corrected chi connectivity index (χ2v) is 4.83. The summed E-state index contributed by atoms with van der Waals surface area (Å²) >= 11 is 0. The molecule has 3 rings (SSSR count). The number of rotatable bonds is 2. The van der Waals surface area contributed by atoms with Crippen molar-refractivity contribution in [1.29, 1.82) is 0 Å². The number of carboxylic acids is 1. The molecule has 8 nitrogen and oxygen atoms in total. The highest BCUT2D eigenvalue weighted by Gasteiger charge is 2.34. The predicted octanol–water partition coefficient (Wildman–Crippen LogP) is -0.380. The lowest BCUT2D eigenvalue weighted by atomic mass is 10.2. The summed E-state index contributed by atoms with van der Waals surface area (Å²) in [7, 11) is 0. The number of carbonyl (C=O) groups excluding carboxylic acids is 1. The molecule has 1 amide bonds. The average Bonchev–Trinajstić information content (AvgIpc) is 2.55. The molecule has 8 heteroatoms. The molecule has 0 spiro atoms. The number of ether oxygens (including phenoxy) is 1. The van der Waals surface area contributed by atoms with E-state index < -0.39 is 23.5 Å². The zero-order chi connectivity index (χ0) is 15.7. The topological polar surface area (TPSA) is 101 Å². The van der Waals surface area contributed by atoms with E-state index in [2.05, 4.69) is 4.98 Å². The zero-order valence-corrected chi connectivity index (χ0v) is 11.5. The summed E-state index contributed by atoms with van der Waals surface area (Å²) in [6, 6.07) is 3.92. The molecule has 1 unspecified atom stereocenters. The summed E-state index contributed by atoms with van der Waals surface area (Å²) in [5.41, 5.74) is -0.260. The number of aliphatic carboxylic acids is 1. The van der Waals surface area contributed by atoms with Crippen LogP contribution in [-0.2, 0) is 9.53 Å². The second kappa shape index (κ2) is 5.57. The van der Waals surface area contributed by atoms with Crippen molar-refractivity contribution in [2.75, 3.05) is 19.8 Å². The number of hydrogen-bond acceptors (Lipinski definition) is 5. The molecule has 114 valence electrons. The van der Waals surface area contributed by atoms with Crippen molar-refractivity contribution in [3.05, 3.63) is 46.5 Å². The van der Waals surface area contributed by atoms with E-state index >= 15 is 0 Å². The van der Waals surface area contributed by atoms with Gasteiger partial charge in [-0.3, -0.25) is 14.0 Å². The third-order valence-corrected chi connectivity index (χ3v) is 3.52. The molecule has 0 aromatic carbocycles. The number of nitrogens with zero attached hydrogens (tertiary/aromatic N) is 3. The van der Waals surface area contributed by atoms with Crippen molar-refractivity contribution < 1.29 is 19.4 Å². The Balaban J connectivity index is 2.03. The first-order chi connectivity index (χ1) is 10.6. The normalized spacial score (nSPS) is 18.4. The summed E-state index contributed by atoms with van der Waals surface area (Å²) in [6.07, 6.45) is 2.70. The van der Waals surface area contributed by atoms with Gasteiger partial charge < -0.3 is 14.7 Å². The fourth-order valence-corrected chi connectivity index (χ4v) is 2.38. The Labute approximate surface area is 124 Å². The minimum atomic E-state index is -1.16. The Hall–Kier alpha value is -2.74. The van der Waals surface area contributed by atoms with Crippen molar-refractivity contribution in [1.82, 2.24) is 14.3 Å². The molecule has 1 atom stereocenters. The Morgan fingerprint density at radius 1 is 1.36 bits per heavy atom. The number of aromatic nitrogens is 2. The van der Waals surface area contributed by atoms with Crippen molar-refractivity contribution in [2.24, 2.45) is 0 Å². The van der Waals surface area contributed by atoms with Gasteiger partial charge in [-0.25, -0.2) is 9.78 Å². The van der Waals surface area contributed by atoms with E-state index in [0.29, 0.717) is 5.65 Å². The molecule has 3 heterocycles. The number of carboxylic acid groups (broad SMARTS) is 1. The molecule has 2 aromatic rings. The molecule has 1 fully saturated rings. The summed E-state index contributed by atoms with van der Waals surface area (Å²) in [6.45, 7) is 0.258. The van der Waals surface area contributed by atoms with Crippen LogP contribution < -0.4 is 5.56 Å². The fraction of sp³-hybridized carbons (Fsp3) is 0.286. The summed E-state index contributed by atoms with van der Waals surface area (Å²) in [5, 5.41) is 9.17. The average molecular weight is 303 g/mol. The number of pyridine rings is 1. The molecule has 0 saturated carbocycles. The number of amides is 1. The lowest BCUT2D eigenvalue weighted by Gasteiger charge is -2.32. The van der Waals surface area contributed by atoms with Crippen LogP contribution in [0, 0.1) is 0 Å². The van der Waals surface area contributed by atoms with Crippen LogP contribution in [0.3, 0.4) is 0 Å². The third kappa shape index (κ3) is 2.33. The van der Waals surface area contributed by atoms with E-state index in [-0.39, 0.29) is 25.3 Å². The van der Waals surface area contributed by atoms with Gasteiger partial charge in [0, 0.05) is 18.9 Å². The van der Waals surface area contributed by atoms with Gasteiger partial charge >= 0.3 is 5.97 Å². The van der Waals surface area contributed by atoms with E-state index in [9.17, 15) is 19.5 Å². The van der Waals surface area contributed by atoms with Gasteiger partial charge in [0.2, 0.25) is 0 Å². The first-order valence-corrected chi connectivity index (χ1v) is 6.67. The molecule has 0 radical (unpaired) electrons. The molecule has 1 aliphatic heterocycles. The molecular formula is C14H13N3O5. The SMILES string of the molecule is O=C(O)C1COCCN1C(=O)c1cnc2ccccn2c1=O. The molecule has 1 saturated heterocycles. The maximum Gasteiger partial charge on any atom is 0.328 e. The quantitative estimate of drug-likeness (QED) is 0.811.